The van der Waals surface area contributed by atoms with Gasteiger partial charge in [-0.05, 0) is 24.3 Å². The van der Waals surface area contributed by atoms with E-state index in [4.69, 9.17) is 23.2 Å². The van der Waals surface area contributed by atoms with Crippen LogP contribution in [-0.2, 0) is 4.79 Å². The van der Waals surface area contributed by atoms with Gasteiger partial charge in [0.25, 0.3) is 0 Å². The van der Waals surface area contributed by atoms with Crippen LogP contribution < -0.4 is 16.1 Å². The highest BCUT2D eigenvalue weighted by molar-refractivity contribution is 6.39. The number of carbonyl (C=O) groups is 2. The molecule has 0 unspecified atom stereocenters. The van der Waals surface area contributed by atoms with Crippen molar-refractivity contribution in [3.05, 3.63) is 58.1 Å². The summed E-state index contributed by atoms with van der Waals surface area (Å²) in [5, 5.41) is 10.3. The Morgan fingerprint density at radius 2 is 1.78 bits per heavy atom. The molecule has 3 rings (SSSR count). The Bertz CT molecular complexity index is 921. The largest absolute Gasteiger partial charge is 0.323 e. The molecule has 3 N–H and O–H groups in total. The van der Waals surface area contributed by atoms with E-state index in [1.807, 2.05) is 26.0 Å². The molecule has 2 aromatic carbocycles. The van der Waals surface area contributed by atoms with E-state index in [2.05, 4.69) is 21.2 Å². The van der Waals surface area contributed by atoms with E-state index in [9.17, 15) is 9.59 Å². The topological polar surface area (TPSA) is 82.6 Å². The Hall–Kier alpha value is -2.57. The summed E-state index contributed by atoms with van der Waals surface area (Å²) in [4.78, 5) is 23.9. The second-order valence-corrected chi connectivity index (χ2v) is 7.63. The summed E-state index contributed by atoms with van der Waals surface area (Å²) in [6, 6.07) is 11.7. The van der Waals surface area contributed by atoms with E-state index in [0.29, 0.717) is 27.8 Å². The van der Waals surface area contributed by atoms with Crippen LogP contribution in [0.2, 0.25) is 10.0 Å². The van der Waals surface area contributed by atoms with Crippen molar-refractivity contribution < 1.29 is 9.59 Å². The Balaban J connectivity index is 1.78. The van der Waals surface area contributed by atoms with Crippen LogP contribution in [0.4, 0.5) is 16.2 Å². The third kappa shape index (κ3) is 4.40. The average Bonchev–Trinajstić information content (AvgIpc) is 2.57. The van der Waals surface area contributed by atoms with Gasteiger partial charge in [-0.1, -0.05) is 55.2 Å². The van der Waals surface area contributed by atoms with Crippen LogP contribution in [0.15, 0.2) is 47.6 Å². The molecular formula is C19H18Cl2N4O2. The second-order valence-electron chi connectivity index (χ2n) is 6.81. The number of amides is 3. The molecule has 0 atom stereocenters. The molecule has 0 radical (unpaired) electrons. The summed E-state index contributed by atoms with van der Waals surface area (Å²) in [6.07, 6.45) is 0.342. The van der Waals surface area contributed by atoms with Gasteiger partial charge < -0.3 is 10.6 Å². The first-order chi connectivity index (χ1) is 12.8. The van der Waals surface area contributed by atoms with Crippen LogP contribution in [0, 0.1) is 5.41 Å². The number of benzene rings is 2. The van der Waals surface area contributed by atoms with Crippen molar-refractivity contribution in [2.45, 2.75) is 20.3 Å². The quantitative estimate of drug-likeness (QED) is 0.680. The number of urea groups is 1. The summed E-state index contributed by atoms with van der Waals surface area (Å²) in [7, 11) is 0. The molecule has 0 aromatic heterocycles. The van der Waals surface area contributed by atoms with Gasteiger partial charge in [-0.2, -0.15) is 5.10 Å². The van der Waals surface area contributed by atoms with E-state index in [1.54, 1.807) is 30.3 Å². The minimum Gasteiger partial charge on any atom is -0.308 e. The zero-order valence-corrected chi connectivity index (χ0v) is 16.3. The van der Waals surface area contributed by atoms with E-state index in [-0.39, 0.29) is 5.91 Å². The SMILES string of the molecule is CC1(C)CC(=O)NN=C1c1cccc(NC(=O)Nc2c(Cl)cccc2Cl)c1. The number of anilines is 2. The first-order valence-electron chi connectivity index (χ1n) is 8.26. The summed E-state index contributed by atoms with van der Waals surface area (Å²) >= 11 is 12.1. The Morgan fingerprint density at radius 1 is 1.11 bits per heavy atom. The molecule has 0 saturated carbocycles. The van der Waals surface area contributed by atoms with Crippen molar-refractivity contribution in [2.24, 2.45) is 10.5 Å². The van der Waals surface area contributed by atoms with E-state index < -0.39 is 11.4 Å². The molecule has 0 aliphatic carbocycles. The van der Waals surface area contributed by atoms with Gasteiger partial charge in [0.1, 0.15) is 0 Å². The molecule has 8 heteroatoms. The highest BCUT2D eigenvalue weighted by atomic mass is 35.5. The normalized spacial score (nSPS) is 15.6. The Labute approximate surface area is 166 Å². The van der Waals surface area contributed by atoms with Crippen molar-refractivity contribution in [2.75, 3.05) is 10.6 Å². The second kappa shape index (κ2) is 7.58. The lowest BCUT2D eigenvalue weighted by atomic mass is 9.79. The van der Waals surface area contributed by atoms with Crippen molar-refractivity contribution >= 4 is 52.2 Å². The molecule has 2 aromatic rings. The molecule has 0 spiro atoms. The molecule has 140 valence electrons. The van der Waals surface area contributed by atoms with E-state index >= 15 is 0 Å². The van der Waals surface area contributed by atoms with Crippen LogP contribution >= 0.6 is 23.2 Å². The van der Waals surface area contributed by atoms with E-state index in [0.717, 1.165) is 11.3 Å². The Morgan fingerprint density at radius 3 is 2.44 bits per heavy atom. The minimum absolute atomic E-state index is 0.117. The highest BCUT2D eigenvalue weighted by Gasteiger charge is 2.33. The number of nitrogens with zero attached hydrogens (tertiary/aromatic N) is 1. The summed E-state index contributed by atoms with van der Waals surface area (Å²) in [5.41, 5.74) is 4.58. The maximum atomic E-state index is 12.3. The van der Waals surface area contributed by atoms with E-state index in [1.165, 1.54) is 0 Å². The summed E-state index contributed by atoms with van der Waals surface area (Å²) in [5.74, 6) is -0.117. The third-order valence-electron chi connectivity index (χ3n) is 4.13. The number of rotatable bonds is 3. The summed E-state index contributed by atoms with van der Waals surface area (Å²) < 4.78 is 0. The molecule has 1 aliphatic rings. The number of nitrogens with one attached hydrogen (secondary N) is 3. The Kier molecular flexibility index (Phi) is 5.39. The maximum Gasteiger partial charge on any atom is 0.323 e. The molecule has 0 saturated heterocycles. The van der Waals surface area contributed by atoms with Gasteiger partial charge in [0.2, 0.25) is 5.91 Å². The standard InChI is InChI=1S/C19H18Cl2N4O2/c1-19(2)10-15(26)24-25-17(19)11-5-3-6-12(9-11)22-18(27)23-16-13(20)7-4-8-14(16)21/h3-9H,10H2,1-2H3,(H,24,26)(H2,22,23,27). The van der Waals surface area contributed by atoms with Crippen molar-refractivity contribution in [1.82, 2.24) is 5.43 Å². The number of para-hydroxylation sites is 1. The lowest BCUT2D eigenvalue weighted by Gasteiger charge is -2.29. The number of hydrogen-bond donors (Lipinski definition) is 3. The highest BCUT2D eigenvalue weighted by Crippen LogP contribution is 2.31. The molecule has 0 fully saturated rings. The number of halogens is 2. The molecule has 3 amide bonds. The molecule has 0 bridgehead atoms. The monoisotopic (exact) mass is 404 g/mol. The van der Waals surface area contributed by atoms with Gasteiger partial charge in [0, 0.05) is 23.1 Å². The summed E-state index contributed by atoms with van der Waals surface area (Å²) in [6.45, 7) is 3.91. The van der Waals surface area contributed by atoms with Crippen LogP contribution in [0.1, 0.15) is 25.8 Å². The molecule has 6 nitrogen and oxygen atoms in total. The van der Waals surface area contributed by atoms with Crippen LogP contribution in [0.25, 0.3) is 0 Å². The maximum absolute atomic E-state index is 12.3. The number of hydrazone groups is 1. The fourth-order valence-corrected chi connectivity index (χ4v) is 3.38. The van der Waals surface area contributed by atoms with Gasteiger partial charge in [-0.3, -0.25) is 4.79 Å². The van der Waals surface area contributed by atoms with Gasteiger partial charge >= 0.3 is 6.03 Å². The lowest BCUT2D eigenvalue weighted by Crippen LogP contribution is -2.39. The van der Waals surface area contributed by atoms with Crippen molar-refractivity contribution in [1.29, 1.82) is 0 Å². The molecule has 27 heavy (non-hydrogen) atoms. The van der Waals surface area contributed by atoms with Crippen molar-refractivity contribution in [3.8, 4) is 0 Å². The van der Waals surface area contributed by atoms with Crippen molar-refractivity contribution in [3.63, 3.8) is 0 Å². The number of carbonyl (C=O) groups excluding carboxylic acids is 2. The van der Waals surface area contributed by atoms with Gasteiger partial charge in [0.05, 0.1) is 21.4 Å². The molecule has 1 aliphatic heterocycles. The van der Waals surface area contributed by atoms with Crippen LogP contribution in [-0.4, -0.2) is 17.6 Å². The molecule has 1 heterocycles. The predicted molar refractivity (Wildman–Crippen MR) is 109 cm³/mol. The molecular weight excluding hydrogens is 387 g/mol. The van der Waals surface area contributed by atoms with Gasteiger partial charge in [-0.15, -0.1) is 0 Å². The van der Waals surface area contributed by atoms with Gasteiger partial charge in [0.15, 0.2) is 0 Å². The fraction of sp³-hybridized carbons (Fsp3) is 0.211. The first-order valence-corrected chi connectivity index (χ1v) is 9.01. The smallest absolute Gasteiger partial charge is 0.308 e. The zero-order chi connectivity index (χ0) is 19.6. The third-order valence-corrected chi connectivity index (χ3v) is 4.76. The lowest BCUT2D eigenvalue weighted by molar-refractivity contribution is -0.122. The zero-order valence-electron chi connectivity index (χ0n) is 14.8. The fourth-order valence-electron chi connectivity index (χ4n) is 2.89. The van der Waals surface area contributed by atoms with Crippen LogP contribution in [0.3, 0.4) is 0 Å². The van der Waals surface area contributed by atoms with Crippen LogP contribution in [0.5, 0.6) is 0 Å². The van der Waals surface area contributed by atoms with Gasteiger partial charge in [-0.25, -0.2) is 10.2 Å². The predicted octanol–water partition coefficient (Wildman–Crippen LogP) is 4.89. The number of hydrogen-bond acceptors (Lipinski definition) is 3. The minimum atomic E-state index is -0.472. The first kappa shape index (κ1) is 19.2. The average molecular weight is 405 g/mol.